The van der Waals surface area contributed by atoms with Crippen molar-refractivity contribution in [2.24, 2.45) is 0 Å². The molecular weight excluding hydrogens is 183 g/mol. The summed E-state index contributed by atoms with van der Waals surface area (Å²) in [5, 5.41) is 9.01. The predicted molar refractivity (Wildman–Crippen MR) is 46.3 cm³/mol. The zero-order chi connectivity index (χ0) is 8.59. The number of carboxylic acids is 1. The van der Waals surface area contributed by atoms with Gasteiger partial charge in [0.1, 0.15) is 5.03 Å². The molecule has 0 aliphatic carbocycles. The molecule has 0 aliphatic rings. The third kappa shape index (κ3) is 1.39. The Labute approximate surface area is 71.3 Å². The lowest BCUT2D eigenvalue weighted by atomic mass is 10.6. The second-order valence-corrected chi connectivity index (χ2v) is 2.96. The molecule has 1 N–H and O–H groups in total. The maximum Gasteiger partial charge on any atom is 0.372 e. The number of nitrogens with zero attached hydrogens (tertiary/aromatic N) is 2. The Morgan fingerprint density at radius 3 is 2.55 bits per heavy atom. The molecule has 0 saturated heterocycles. The molecule has 0 aliphatic heterocycles. The maximum atomic E-state index is 10.5. The topological polar surface area (TPSA) is 55.1 Å². The number of imidazole rings is 1. The lowest BCUT2D eigenvalue weighted by Crippen LogP contribution is -2.02. The van der Waals surface area contributed by atoms with E-state index >= 15 is 0 Å². The number of thiol groups is 1. The van der Waals surface area contributed by atoms with E-state index in [1.54, 1.807) is 6.92 Å². The van der Waals surface area contributed by atoms with Crippen LogP contribution in [-0.2, 0) is 0 Å². The molecule has 0 radical (unpaired) electrons. The van der Waals surface area contributed by atoms with Crippen molar-refractivity contribution in [1.29, 1.82) is 0 Å². The van der Waals surface area contributed by atoms with Crippen molar-refractivity contribution in [3.8, 4) is 0 Å². The van der Waals surface area contributed by atoms with E-state index in [-0.39, 0.29) is 5.82 Å². The average Bonchev–Trinajstić information content (AvgIpc) is 2.17. The number of aromatic nitrogens is 2. The number of aromatic carboxylic acids is 1. The lowest BCUT2D eigenvalue weighted by molar-refractivity contribution is 0.0683. The van der Waals surface area contributed by atoms with Gasteiger partial charge in [-0.1, -0.05) is 0 Å². The van der Waals surface area contributed by atoms with Gasteiger partial charge in [0.05, 0.1) is 5.69 Å². The summed E-state index contributed by atoms with van der Waals surface area (Å²) >= 11 is 3.97. The fourth-order valence-electron chi connectivity index (χ4n) is 0.653. The minimum absolute atomic E-state index is 0.0162. The summed E-state index contributed by atoms with van der Waals surface area (Å²) in [5.41, 5.74) is 0.718. The number of rotatable bonds is 1. The quantitative estimate of drug-likeness (QED) is 0.509. The average molecular weight is 190 g/mol. The lowest BCUT2D eigenvalue weighted by Gasteiger charge is -1.95. The van der Waals surface area contributed by atoms with Crippen LogP contribution in [0.25, 0.3) is 0 Å². The smallest absolute Gasteiger partial charge is 0.372 e. The van der Waals surface area contributed by atoms with Gasteiger partial charge in [-0.3, -0.25) is 0 Å². The summed E-state index contributed by atoms with van der Waals surface area (Å²) in [4.78, 5) is 14.2. The summed E-state index contributed by atoms with van der Waals surface area (Å²) in [5.74, 6) is -1.07. The van der Waals surface area contributed by atoms with E-state index in [0.717, 1.165) is 5.69 Å². The van der Waals surface area contributed by atoms with Crippen LogP contribution in [0.5, 0.6) is 0 Å². The highest BCUT2D eigenvalue weighted by molar-refractivity contribution is 7.80. The zero-order valence-corrected chi connectivity index (χ0v) is 7.82. The highest BCUT2D eigenvalue weighted by Crippen LogP contribution is 2.16. The van der Waals surface area contributed by atoms with Crippen molar-refractivity contribution in [3.05, 3.63) is 11.5 Å². The molecule has 1 rings (SSSR count). The fourth-order valence-corrected chi connectivity index (χ4v) is 1.25. The first-order valence-electron chi connectivity index (χ1n) is 2.80. The van der Waals surface area contributed by atoms with Gasteiger partial charge in [0.2, 0.25) is 5.82 Å². The first kappa shape index (κ1) is 8.56. The van der Waals surface area contributed by atoms with Crippen LogP contribution >= 0.6 is 22.0 Å². The van der Waals surface area contributed by atoms with Crippen LogP contribution in [0.1, 0.15) is 16.3 Å². The molecule has 0 bridgehead atoms. The van der Waals surface area contributed by atoms with Crippen LogP contribution in [-0.4, -0.2) is 20.4 Å². The normalized spacial score (nSPS) is 10.1. The minimum Gasteiger partial charge on any atom is -0.475 e. The van der Waals surface area contributed by atoms with Gasteiger partial charge < -0.3 is 9.44 Å². The largest absolute Gasteiger partial charge is 0.475 e. The van der Waals surface area contributed by atoms with Gasteiger partial charge >= 0.3 is 5.97 Å². The third-order valence-corrected chi connectivity index (χ3v) is 2.37. The van der Waals surface area contributed by atoms with E-state index in [4.69, 9.17) is 5.11 Å². The highest BCUT2D eigenvalue weighted by atomic mass is 32.1. The van der Waals surface area contributed by atoms with E-state index in [1.807, 2.05) is 0 Å². The van der Waals surface area contributed by atoms with Crippen molar-refractivity contribution in [2.75, 3.05) is 0 Å². The Morgan fingerprint density at radius 2 is 2.36 bits per heavy atom. The molecule has 0 spiro atoms. The van der Waals surface area contributed by atoms with Crippen LogP contribution in [0.3, 0.4) is 0 Å². The Morgan fingerprint density at radius 1 is 1.82 bits per heavy atom. The number of carbonyl (C=O) groups is 1. The van der Waals surface area contributed by atoms with Crippen LogP contribution in [0.4, 0.5) is 0 Å². The molecule has 11 heavy (non-hydrogen) atoms. The van der Waals surface area contributed by atoms with Crippen LogP contribution in [0, 0.1) is 6.92 Å². The molecule has 1 atom stereocenters. The summed E-state index contributed by atoms with van der Waals surface area (Å²) in [6, 6.07) is 0. The molecule has 1 heterocycles. The van der Waals surface area contributed by atoms with Crippen LogP contribution in [0.2, 0.25) is 0 Å². The molecule has 0 aromatic carbocycles. The Kier molecular flexibility index (Phi) is 2.20. The van der Waals surface area contributed by atoms with Gasteiger partial charge in [-0.05, 0) is 16.3 Å². The van der Waals surface area contributed by atoms with Crippen molar-refractivity contribution in [1.82, 2.24) is 9.32 Å². The second-order valence-electron chi connectivity index (χ2n) is 2.02. The zero-order valence-electron chi connectivity index (χ0n) is 5.77. The summed E-state index contributed by atoms with van der Waals surface area (Å²) in [7, 11) is 2.26. The van der Waals surface area contributed by atoms with E-state index in [1.165, 1.54) is 4.34 Å². The van der Waals surface area contributed by atoms with Crippen molar-refractivity contribution in [2.45, 2.75) is 11.9 Å². The summed E-state index contributed by atoms with van der Waals surface area (Å²) in [6.07, 6.45) is 0. The molecular formula is C5H7N2O2PS. The second kappa shape index (κ2) is 2.83. The number of hydrogen-bond donors (Lipinski definition) is 2. The summed E-state index contributed by atoms with van der Waals surface area (Å²) in [6.45, 7) is 1.74. The molecule has 1 aromatic heterocycles. The molecule has 0 fully saturated rings. The first-order valence-corrected chi connectivity index (χ1v) is 3.77. The summed E-state index contributed by atoms with van der Waals surface area (Å²) < 4.78 is 1.41. The van der Waals surface area contributed by atoms with E-state index in [9.17, 15) is 4.79 Å². The highest BCUT2D eigenvalue weighted by Gasteiger charge is 2.13. The third-order valence-electron chi connectivity index (χ3n) is 1.32. The standard InChI is InChI=1S/C5H7N2O2PS/c1-2-4(11)6-3(5(8)9)7(2)10/h11H,10H2,1H3,(H,8,9). The molecule has 4 nitrogen and oxygen atoms in total. The Balaban J connectivity index is 3.29. The minimum atomic E-state index is -1.05. The van der Waals surface area contributed by atoms with Gasteiger partial charge in [-0.2, -0.15) is 0 Å². The first-order chi connectivity index (χ1) is 5.04. The van der Waals surface area contributed by atoms with Crippen molar-refractivity contribution >= 4 is 28.0 Å². The van der Waals surface area contributed by atoms with Gasteiger partial charge in [-0.25, -0.2) is 9.78 Å². The molecule has 1 aromatic rings. The molecule has 60 valence electrons. The molecule has 0 amide bonds. The monoisotopic (exact) mass is 190 g/mol. The van der Waals surface area contributed by atoms with Crippen LogP contribution < -0.4 is 0 Å². The molecule has 0 saturated carbocycles. The maximum absolute atomic E-state index is 10.5. The van der Waals surface area contributed by atoms with Gasteiger partial charge in [0, 0.05) is 0 Å². The van der Waals surface area contributed by atoms with Gasteiger partial charge in [0.15, 0.2) is 0 Å². The van der Waals surface area contributed by atoms with Crippen molar-refractivity contribution < 1.29 is 9.90 Å². The Hall–Kier alpha value is -0.540. The van der Waals surface area contributed by atoms with Crippen LogP contribution in [0.15, 0.2) is 5.03 Å². The fraction of sp³-hybridized carbons (Fsp3) is 0.200. The Bertz CT molecular complexity index is 310. The molecule has 6 heteroatoms. The molecule has 1 unspecified atom stereocenters. The van der Waals surface area contributed by atoms with Gasteiger partial charge in [-0.15, -0.1) is 12.6 Å². The van der Waals surface area contributed by atoms with E-state index in [2.05, 4.69) is 27.0 Å². The predicted octanol–water partition coefficient (Wildman–Crippen LogP) is 0.817. The van der Waals surface area contributed by atoms with Crippen molar-refractivity contribution in [3.63, 3.8) is 0 Å². The van der Waals surface area contributed by atoms with Gasteiger partial charge in [0.25, 0.3) is 0 Å². The number of hydrogen-bond acceptors (Lipinski definition) is 3. The van der Waals surface area contributed by atoms with E-state index < -0.39 is 5.97 Å². The van der Waals surface area contributed by atoms with E-state index in [0.29, 0.717) is 5.03 Å². The SMILES string of the molecule is Cc1c(S)nc(C(=O)O)n1P. The number of carboxylic acid groups (broad SMARTS) is 1.